The number of carbonyl (C=O) groups is 1. The average molecular weight is 433 g/mol. The smallest absolute Gasteiger partial charge is 0.226 e. The summed E-state index contributed by atoms with van der Waals surface area (Å²) in [5.74, 6) is 1.93. The van der Waals surface area contributed by atoms with Gasteiger partial charge in [0, 0.05) is 18.1 Å². The number of ether oxygens (including phenoxy) is 2. The molecular weight excluding hydrogens is 412 g/mol. The number of benzene rings is 1. The highest BCUT2D eigenvalue weighted by Gasteiger charge is 2.09. The normalized spacial score (nSPS) is 10.4. The van der Waals surface area contributed by atoms with Crippen LogP contribution in [0.25, 0.3) is 0 Å². The standard InChI is InChI=1S/C20H21ClN4O3S/c1-27-16-5-3-13(9-17(16)28-2)7-8-22-19(26)10-15-12-29-20(24-15)25-18-6-4-14(21)11-23-18/h3-6,9,11-12H,7-8,10H2,1-2H3,(H,22,26)(H,23,24,25). The molecule has 0 aliphatic carbocycles. The van der Waals surface area contributed by atoms with Gasteiger partial charge in [0.15, 0.2) is 16.6 Å². The monoisotopic (exact) mass is 432 g/mol. The molecule has 1 aromatic carbocycles. The quantitative estimate of drug-likeness (QED) is 0.534. The maximum atomic E-state index is 12.2. The highest BCUT2D eigenvalue weighted by Crippen LogP contribution is 2.27. The second-order valence-electron chi connectivity index (χ2n) is 6.10. The summed E-state index contributed by atoms with van der Waals surface area (Å²) in [6.07, 6.45) is 2.47. The van der Waals surface area contributed by atoms with Crippen molar-refractivity contribution in [1.29, 1.82) is 0 Å². The largest absolute Gasteiger partial charge is 0.493 e. The molecule has 0 spiro atoms. The lowest BCUT2D eigenvalue weighted by atomic mass is 10.1. The van der Waals surface area contributed by atoms with Crippen LogP contribution >= 0.6 is 22.9 Å². The number of hydrogen-bond donors (Lipinski definition) is 2. The lowest BCUT2D eigenvalue weighted by Crippen LogP contribution is -2.27. The molecule has 1 amide bonds. The minimum Gasteiger partial charge on any atom is -0.493 e. The van der Waals surface area contributed by atoms with Crippen LogP contribution in [0.15, 0.2) is 41.9 Å². The van der Waals surface area contributed by atoms with E-state index in [1.807, 2.05) is 23.6 Å². The molecule has 3 rings (SSSR count). The predicted octanol–water partition coefficient (Wildman–Crippen LogP) is 3.85. The van der Waals surface area contributed by atoms with Crippen molar-refractivity contribution in [3.8, 4) is 11.5 Å². The molecule has 0 bridgehead atoms. The molecule has 0 radical (unpaired) electrons. The molecule has 0 unspecified atom stereocenters. The maximum absolute atomic E-state index is 12.2. The zero-order chi connectivity index (χ0) is 20.6. The van der Waals surface area contributed by atoms with Crippen molar-refractivity contribution in [3.05, 3.63) is 58.2 Å². The first-order chi connectivity index (χ1) is 14.1. The minimum absolute atomic E-state index is 0.0769. The molecule has 29 heavy (non-hydrogen) atoms. The van der Waals surface area contributed by atoms with Gasteiger partial charge in [-0.15, -0.1) is 11.3 Å². The number of hydrogen-bond acceptors (Lipinski definition) is 7. The minimum atomic E-state index is -0.0769. The number of carbonyl (C=O) groups excluding carboxylic acids is 1. The fraction of sp³-hybridized carbons (Fsp3) is 0.250. The van der Waals surface area contributed by atoms with Gasteiger partial charge in [-0.3, -0.25) is 4.79 Å². The fourth-order valence-electron chi connectivity index (χ4n) is 2.61. The molecule has 0 aliphatic heterocycles. The number of rotatable bonds is 9. The Bertz CT molecular complexity index is 963. The summed E-state index contributed by atoms with van der Waals surface area (Å²) in [6.45, 7) is 0.526. The molecule has 2 aromatic heterocycles. The first kappa shape index (κ1) is 20.9. The second-order valence-corrected chi connectivity index (χ2v) is 7.39. The van der Waals surface area contributed by atoms with Gasteiger partial charge in [-0.25, -0.2) is 9.97 Å². The van der Waals surface area contributed by atoms with Crippen LogP contribution in [0.2, 0.25) is 5.02 Å². The lowest BCUT2D eigenvalue weighted by Gasteiger charge is -2.10. The Kier molecular flexibility index (Phi) is 7.26. The van der Waals surface area contributed by atoms with E-state index in [9.17, 15) is 4.79 Å². The molecule has 7 nitrogen and oxygen atoms in total. The van der Waals surface area contributed by atoms with Crippen LogP contribution in [0.3, 0.4) is 0 Å². The molecule has 9 heteroatoms. The molecule has 2 heterocycles. The Hall–Kier alpha value is -2.84. The second kappa shape index (κ2) is 10.1. The Morgan fingerprint density at radius 3 is 2.72 bits per heavy atom. The maximum Gasteiger partial charge on any atom is 0.226 e. The summed E-state index contributed by atoms with van der Waals surface area (Å²) in [5, 5.41) is 9.11. The Morgan fingerprint density at radius 1 is 1.17 bits per heavy atom. The highest BCUT2D eigenvalue weighted by molar-refractivity contribution is 7.13. The third-order valence-corrected chi connectivity index (χ3v) is 5.07. The number of thiazole rings is 1. The predicted molar refractivity (Wildman–Crippen MR) is 115 cm³/mol. The highest BCUT2D eigenvalue weighted by atomic mass is 35.5. The molecule has 0 aliphatic rings. The van der Waals surface area contributed by atoms with E-state index in [1.54, 1.807) is 32.5 Å². The van der Waals surface area contributed by atoms with Crippen molar-refractivity contribution in [2.75, 3.05) is 26.1 Å². The van der Waals surface area contributed by atoms with Gasteiger partial charge in [0.1, 0.15) is 5.82 Å². The van der Waals surface area contributed by atoms with Gasteiger partial charge in [-0.05, 0) is 36.2 Å². The van der Waals surface area contributed by atoms with Crippen molar-refractivity contribution < 1.29 is 14.3 Å². The lowest BCUT2D eigenvalue weighted by molar-refractivity contribution is -0.120. The summed E-state index contributed by atoms with van der Waals surface area (Å²) >= 11 is 7.24. The van der Waals surface area contributed by atoms with E-state index >= 15 is 0 Å². The van der Waals surface area contributed by atoms with E-state index in [-0.39, 0.29) is 12.3 Å². The van der Waals surface area contributed by atoms with Gasteiger partial charge in [0.25, 0.3) is 0 Å². The first-order valence-electron chi connectivity index (χ1n) is 8.88. The number of nitrogens with zero attached hydrogens (tertiary/aromatic N) is 2. The van der Waals surface area contributed by atoms with Crippen LogP contribution in [0, 0.1) is 0 Å². The number of anilines is 2. The number of amides is 1. The van der Waals surface area contributed by atoms with Crippen LogP contribution in [-0.4, -0.2) is 36.6 Å². The zero-order valence-corrected chi connectivity index (χ0v) is 17.6. The SMILES string of the molecule is COc1ccc(CCNC(=O)Cc2csc(Nc3ccc(Cl)cn3)n2)cc1OC. The molecule has 0 atom stereocenters. The van der Waals surface area contributed by atoms with Crippen LogP contribution in [0.1, 0.15) is 11.3 Å². The van der Waals surface area contributed by atoms with Crippen molar-refractivity contribution in [1.82, 2.24) is 15.3 Å². The van der Waals surface area contributed by atoms with E-state index in [2.05, 4.69) is 20.6 Å². The van der Waals surface area contributed by atoms with E-state index in [0.717, 1.165) is 5.56 Å². The summed E-state index contributed by atoms with van der Waals surface area (Å²) in [5.41, 5.74) is 1.76. The number of halogens is 1. The summed E-state index contributed by atoms with van der Waals surface area (Å²) in [7, 11) is 3.20. The van der Waals surface area contributed by atoms with E-state index in [1.165, 1.54) is 11.3 Å². The summed E-state index contributed by atoms with van der Waals surface area (Å²) in [6, 6.07) is 9.24. The van der Waals surface area contributed by atoms with Gasteiger partial charge < -0.3 is 20.1 Å². The molecule has 3 aromatic rings. The van der Waals surface area contributed by atoms with E-state index < -0.39 is 0 Å². The van der Waals surface area contributed by atoms with Crippen molar-refractivity contribution in [2.24, 2.45) is 0 Å². The number of nitrogens with one attached hydrogen (secondary N) is 2. The molecule has 0 saturated carbocycles. The van der Waals surface area contributed by atoms with Gasteiger partial charge >= 0.3 is 0 Å². The average Bonchev–Trinajstić information content (AvgIpc) is 3.16. The molecule has 0 fully saturated rings. The van der Waals surface area contributed by atoms with E-state index in [4.69, 9.17) is 21.1 Å². The van der Waals surface area contributed by atoms with Crippen molar-refractivity contribution in [3.63, 3.8) is 0 Å². The van der Waals surface area contributed by atoms with Crippen molar-refractivity contribution >= 4 is 39.8 Å². The fourth-order valence-corrected chi connectivity index (χ4v) is 3.44. The summed E-state index contributed by atoms with van der Waals surface area (Å²) < 4.78 is 10.5. The van der Waals surface area contributed by atoms with Crippen LogP contribution in [0.5, 0.6) is 11.5 Å². The van der Waals surface area contributed by atoms with Gasteiger partial charge in [-0.2, -0.15) is 0 Å². The van der Waals surface area contributed by atoms with Crippen molar-refractivity contribution in [2.45, 2.75) is 12.8 Å². The summed E-state index contributed by atoms with van der Waals surface area (Å²) in [4.78, 5) is 20.8. The first-order valence-corrected chi connectivity index (χ1v) is 10.1. The Labute approximate surface area is 178 Å². The molecule has 0 saturated heterocycles. The topological polar surface area (TPSA) is 85.4 Å². The molecule has 152 valence electrons. The van der Waals surface area contributed by atoms with E-state index in [0.29, 0.717) is 46.1 Å². The Balaban J connectivity index is 1.46. The van der Waals surface area contributed by atoms with Gasteiger partial charge in [-0.1, -0.05) is 17.7 Å². The van der Waals surface area contributed by atoms with Crippen LogP contribution in [0.4, 0.5) is 10.9 Å². The van der Waals surface area contributed by atoms with Gasteiger partial charge in [0.05, 0.1) is 31.4 Å². The Morgan fingerprint density at radius 2 is 2.00 bits per heavy atom. The number of aromatic nitrogens is 2. The molecule has 2 N–H and O–H groups in total. The number of methoxy groups -OCH3 is 2. The zero-order valence-electron chi connectivity index (χ0n) is 16.1. The van der Waals surface area contributed by atoms with Gasteiger partial charge in [0.2, 0.25) is 5.91 Å². The third kappa shape index (κ3) is 6.07. The van der Waals surface area contributed by atoms with Crippen LogP contribution in [-0.2, 0) is 17.6 Å². The van der Waals surface area contributed by atoms with Crippen LogP contribution < -0.4 is 20.1 Å². The molecular formula is C20H21ClN4O3S. The number of pyridine rings is 1. The third-order valence-electron chi connectivity index (χ3n) is 4.04.